The Balaban J connectivity index is 2.15. The summed E-state index contributed by atoms with van der Waals surface area (Å²) in [6.45, 7) is 5.23. The third-order valence-electron chi connectivity index (χ3n) is 2.59. The monoisotopic (exact) mass is 324 g/mol. The third kappa shape index (κ3) is 3.20. The molecule has 0 radical (unpaired) electrons. The summed E-state index contributed by atoms with van der Waals surface area (Å²) in [6.07, 6.45) is -0.577. The Morgan fingerprint density at radius 2 is 2.11 bits per heavy atom. The summed E-state index contributed by atoms with van der Waals surface area (Å²) in [6, 6.07) is 5.45. The fourth-order valence-corrected chi connectivity index (χ4v) is 1.93. The summed E-state index contributed by atoms with van der Waals surface area (Å²) in [5.41, 5.74) is 1.36. The molecule has 0 unspecified atom stereocenters. The zero-order valence-electron chi connectivity index (χ0n) is 10.8. The van der Waals surface area contributed by atoms with Gasteiger partial charge in [0.25, 0.3) is 5.89 Å². The van der Waals surface area contributed by atoms with E-state index in [-0.39, 0.29) is 0 Å². The Kier molecular flexibility index (Phi) is 3.99. The molecular weight excluding hydrogens is 312 g/mol. The summed E-state index contributed by atoms with van der Waals surface area (Å²) in [5, 5.41) is 7.53. The number of benzene rings is 1. The van der Waals surface area contributed by atoms with Gasteiger partial charge >= 0.3 is 5.97 Å². The molecule has 2 aromatic rings. The molecule has 6 heteroatoms. The highest BCUT2D eigenvalue weighted by atomic mass is 79.9. The Morgan fingerprint density at radius 3 is 2.74 bits per heavy atom. The molecule has 0 amide bonds. The molecule has 2 rings (SSSR count). The number of carbonyl (C=O) groups excluding carboxylic acids is 1. The van der Waals surface area contributed by atoms with Gasteiger partial charge < -0.3 is 9.15 Å². The van der Waals surface area contributed by atoms with E-state index < -0.39 is 12.1 Å². The fourth-order valence-electron chi connectivity index (χ4n) is 1.56. The van der Waals surface area contributed by atoms with Gasteiger partial charge in [0.1, 0.15) is 0 Å². The van der Waals surface area contributed by atoms with E-state index in [0.717, 1.165) is 10.0 Å². The average molecular weight is 325 g/mol. The van der Waals surface area contributed by atoms with E-state index >= 15 is 0 Å². The van der Waals surface area contributed by atoms with Crippen LogP contribution in [-0.2, 0) is 4.74 Å². The maximum absolute atomic E-state index is 12.1. The summed E-state index contributed by atoms with van der Waals surface area (Å²) in [7, 11) is 0. The zero-order valence-corrected chi connectivity index (χ0v) is 12.4. The van der Waals surface area contributed by atoms with Crippen molar-refractivity contribution >= 4 is 21.9 Å². The first-order valence-electron chi connectivity index (χ1n) is 5.74. The first kappa shape index (κ1) is 13.7. The minimum absolute atomic E-state index is 0.290. The molecule has 1 heterocycles. The minimum atomic E-state index is -0.577. The van der Waals surface area contributed by atoms with Crippen molar-refractivity contribution in [1.82, 2.24) is 10.2 Å². The number of halogens is 1. The summed E-state index contributed by atoms with van der Waals surface area (Å²) >= 11 is 3.33. The highest BCUT2D eigenvalue weighted by Crippen LogP contribution is 2.21. The first-order valence-corrected chi connectivity index (χ1v) is 6.54. The smallest absolute Gasteiger partial charge is 0.339 e. The van der Waals surface area contributed by atoms with Crippen LogP contribution in [-0.4, -0.2) is 16.2 Å². The van der Waals surface area contributed by atoms with Crippen molar-refractivity contribution in [1.29, 1.82) is 0 Å². The van der Waals surface area contributed by atoms with Crippen LogP contribution in [0, 0.1) is 13.8 Å². The lowest BCUT2D eigenvalue weighted by Crippen LogP contribution is -2.11. The van der Waals surface area contributed by atoms with Crippen molar-refractivity contribution in [3.05, 3.63) is 45.6 Å². The lowest BCUT2D eigenvalue weighted by molar-refractivity contribution is 0.0276. The third-order valence-corrected chi connectivity index (χ3v) is 3.09. The molecule has 0 aliphatic heterocycles. The largest absolute Gasteiger partial charge is 0.449 e. The van der Waals surface area contributed by atoms with Crippen LogP contribution in [0.25, 0.3) is 0 Å². The standard InChI is InChI=1S/C13H13BrN2O3/c1-7-4-5-10(14)6-11(7)13(17)18-8(2)12-16-15-9(3)19-12/h4-6,8H,1-3H3/t8-/m0/s1. The van der Waals surface area contributed by atoms with Gasteiger partial charge in [-0.1, -0.05) is 22.0 Å². The van der Waals surface area contributed by atoms with Gasteiger partial charge in [-0.05, 0) is 31.5 Å². The maximum atomic E-state index is 12.1. The van der Waals surface area contributed by atoms with E-state index in [1.165, 1.54) is 0 Å². The fraction of sp³-hybridized carbons (Fsp3) is 0.308. The molecule has 0 saturated carbocycles. The average Bonchev–Trinajstić information content (AvgIpc) is 2.79. The Hall–Kier alpha value is -1.69. The van der Waals surface area contributed by atoms with E-state index in [4.69, 9.17) is 9.15 Å². The number of carbonyl (C=O) groups is 1. The van der Waals surface area contributed by atoms with Gasteiger partial charge in [-0.15, -0.1) is 10.2 Å². The minimum Gasteiger partial charge on any atom is -0.449 e. The van der Waals surface area contributed by atoms with Crippen LogP contribution in [0.1, 0.15) is 40.7 Å². The molecule has 0 N–H and O–H groups in total. The van der Waals surface area contributed by atoms with Gasteiger partial charge in [-0.2, -0.15) is 0 Å². The summed E-state index contributed by atoms with van der Waals surface area (Å²) in [5.74, 6) is 0.317. The predicted molar refractivity (Wildman–Crippen MR) is 71.7 cm³/mol. The van der Waals surface area contributed by atoms with Crippen LogP contribution < -0.4 is 0 Å². The number of aromatic nitrogens is 2. The van der Waals surface area contributed by atoms with Crippen molar-refractivity contribution in [2.45, 2.75) is 26.9 Å². The van der Waals surface area contributed by atoms with Gasteiger partial charge in [0.15, 0.2) is 6.10 Å². The molecule has 0 spiro atoms. The molecule has 19 heavy (non-hydrogen) atoms. The quantitative estimate of drug-likeness (QED) is 0.810. The Morgan fingerprint density at radius 1 is 1.37 bits per heavy atom. The number of hydrogen-bond acceptors (Lipinski definition) is 5. The highest BCUT2D eigenvalue weighted by Gasteiger charge is 2.19. The molecular formula is C13H13BrN2O3. The van der Waals surface area contributed by atoms with E-state index in [1.807, 2.05) is 19.1 Å². The zero-order chi connectivity index (χ0) is 14.0. The van der Waals surface area contributed by atoms with Crippen molar-refractivity contribution in [2.24, 2.45) is 0 Å². The lowest BCUT2D eigenvalue weighted by Gasteiger charge is -2.11. The molecule has 0 saturated heterocycles. The second kappa shape index (κ2) is 5.52. The normalized spacial score (nSPS) is 12.2. The van der Waals surface area contributed by atoms with E-state index in [9.17, 15) is 4.79 Å². The van der Waals surface area contributed by atoms with Gasteiger partial charge in [0.2, 0.25) is 5.89 Å². The second-order valence-corrected chi connectivity index (χ2v) is 5.08. The molecule has 0 aliphatic rings. The number of ether oxygens (including phenoxy) is 1. The van der Waals surface area contributed by atoms with Crippen LogP contribution in [0.3, 0.4) is 0 Å². The molecule has 0 bridgehead atoms. The van der Waals surface area contributed by atoms with Crippen molar-refractivity contribution < 1.29 is 13.9 Å². The van der Waals surface area contributed by atoms with E-state index in [2.05, 4.69) is 26.1 Å². The summed E-state index contributed by atoms with van der Waals surface area (Å²) < 4.78 is 11.4. The molecule has 1 aromatic carbocycles. The molecule has 1 aromatic heterocycles. The Labute approximate surface area is 119 Å². The lowest BCUT2D eigenvalue weighted by atomic mass is 10.1. The van der Waals surface area contributed by atoms with Crippen LogP contribution >= 0.6 is 15.9 Å². The van der Waals surface area contributed by atoms with Crippen LogP contribution in [0.5, 0.6) is 0 Å². The van der Waals surface area contributed by atoms with Crippen LogP contribution in [0.15, 0.2) is 27.1 Å². The number of nitrogens with zero attached hydrogens (tertiary/aromatic N) is 2. The predicted octanol–water partition coefficient (Wildman–Crippen LogP) is 3.37. The Bertz CT molecular complexity index is 610. The molecule has 0 fully saturated rings. The van der Waals surface area contributed by atoms with Gasteiger partial charge in [0.05, 0.1) is 5.56 Å². The topological polar surface area (TPSA) is 65.2 Å². The maximum Gasteiger partial charge on any atom is 0.339 e. The van der Waals surface area contributed by atoms with E-state index in [0.29, 0.717) is 17.3 Å². The van der Waals surface area contributed by atoms with Crippen molar-refractivity contribution in [2.75, 3.05) is 0 Å². The van der Waals surface area contributed by atoms with Gasteiger partial charge in [0, 0.05) is 11.4 Å². The molecule has 0 aliphatic carbocycles. The SMILES string of the molecule is Cc1nnc([C@H](C)OC(=O)c2cc(Br)ccc2C)o1. The van der Waals surface area contributed by atoms with Crippen molar-refractivity contribution in [3.63, 3.8) is 0 Å². The summed E-state index contributed by atoms with van der Waals surface area (Å²) in [4.78, 5) is 12.1. The molecule has 100 valence electrons. The van der Waals surface area contributed by atoms with E-state index in [1.54, 1.807) is 19.9 Å². The van der Waals surface area contributed by atoms with Crippen LogP contribution in [0.2, 0.25) is 0 Å². The van der Waals surface area contributed by atoms with Gasteiger partial charge in [-0.3, -0.25) is 0 Å². The first-order chi connectivity index (χ1) is 8.97. The van der Waals surface area contributed by atoms with Crippen LogP contribution in [0.4, 0.5) is 0 Å². The van der Waals surface area contributed by atoms with Gasteiger partial charge in [-0.25, -0.2) is 4.79 Å². The second-order valence-electron chi connectivity index (χ2n) is 4.17. The number of aryl methyl sites for hydroxylation is 2. The number of hydrogen-bond donors (Lipinski definition) is 0. The van der Waals surface area contributed by atoms with Crippen molar-refractivity contribution in [3.8, 4) is 0 Å². The molecule has 1 atom stereocenters. The highest BCUT2D eigenvalue weighted by molar-refractivity contribution is 9.10. The number of esters is 1. The molecule has 5 nitrogen and oxygen atoms in total. The number of rotatable bonds is 3.